The minimum atomic E-state index is 0.100. The highest BCUT2D eigenvalue weighted by Crippen LogP contribution is 2.25. The third-order valence-electron chi connectivity index (χ3n) is 3.72. The summed E-state index contributed by atoms with van der Waals surface area (Å²) >= 11 is 0. The molecule has 0 aromatic rings. The van der Waals surface area contributed by atoms with E-state index < -0.39 is 0 Å². The number of hydrogen-bond donors (Lipinski definition) is 1. The van der Waals surface area contributed by atoms with Crippen molar-refractivity contribution in [1.82, 2.24) is 4.90 Å². The molecule has 0 radical (unpaired) electrons. The van der Waals surface area contributed by atoms with Gasteiger partial charge in [0.05, 0.1) is 6.61 Å². The van der Waals surface area contributed by atoms with Gasteiger partial charge < -0.3 is 20.1 Å². The predicted molar refractivity (Wildman–Crippen MR) is 74.9 cm³/mol. The van der Waals surface area contributed by atoms with Crippen LogP contribution in [0.25, 0.3) is 0 Å². The van der Waals surface area contributed by atoms with Crippen LogP contribution in [0.15, 0.2) is 0 Å². The molecule has 0 spiro atoms. The number of ether oxygens (including phenoxy) is 2. The van der Waals surface area contributed by atoms with Gasteiger partial charge in [-0.2, -0.15) is 0 Å². The van der Waals surface area contributed by atoms with Gasteiger partial charge in [-0.05, 0) is 25.7 Å². The van der Waals surface area contributed by atoms with E-state index in [1.165, 1.54) is 0 Å². The fraction of sp³-hybridized carbons (Fsp3) is 0.929. The second kappa shape index (κ2) is 9.28. The van der Waals surface area contributed by atoms with Crippen LogP contribution in [0.5, 0.6) is 0 Å². The molecule has 5 heteroatoms. The molecule has 0 saturated heterocycles. The van der Waals surface area contributed by atoms with Crippen LogP contribution in [0.1, 0.15) is 32.1 Å². The number of hydrogen-bond acceptors (Lipinski definition) is 4. The Labute approximate surface area is 116 Å². The van der Waals surface area contributed by atoms with Gasteiger partial charge in [0.15, 0.2) is 0 Å². The molecule has 1 rings (SSSR count). The van der Waals surface area contributed by atoms with E-state index >= 15 is 0 Å². The summed E-state index contributed by atoms with van der Waals surface area (Å²) in [7, 11) is 3.34. The minimum absolute atomic E-state index is 0.100. The molecule has 0 aromatic carbocycles. The number of carbonyl (C=O) groups is 1. The number of rotatable bonds is 8. The first kappa shape index (κ1) is 16.4. The molecule has 19 heavy (non-hydrogen) atoms. The molecule has 2 atom stereocenters. The molecule has 1 saturated carbocycles. The lowest BCUT2D eigenvalue weighted by atomic mass is 9.85. The maximum Gasteiger partial charge on any atom is 0.225 e. The summed E-state index contributed by atoms with van der Waals surface area (Å²) in [5, 5.41) is 0. The van der Waals surface area contributed by atoms with Gasteiger partial charge in [0.25, 0.3) is 0 Å². The molecule has 0 bridgehead atoms. The number of nitrogens with two attached hydrogens (primary N) is 1. The third kappa shape index (κ3) is 5.89. The summed E-state index contributed by atoms with van der Waals surface area (Å²) in [4.78, 5) is 14.4. The van der Waals surface area contributed by atoms with Crippen molar-refractivity contribution in [2.75, 3.05) is 40.5 Å². The Morgan fingerprint density at radius 2 is 1.95 bits per heavy atom. The van der Waals surface area contributed by atoms with E-state index in [2.05, 4.69) is 0 Å². The zero-order valence-electron chi connectivity index (χ0n) is 12.3. The van der Waals surface area contributed by atoms with Crippen molar-refractivity contribution in [3.63, 3.8) is 0 Å². The van der Waals surface area contributed by atoms with Gasteiger partial charge in [0.1, 0.15) is 0 Å². The van der Waals surface area contributed by atoms with Crippen molar-refractivity contribution in [3.05, 3.63) is 0 Å². The van der Waals surface area contributed by atoms with Crippen molar-refractivity contribution in [2.45, 2.75) is 38.1 Å². The fourth-order valence-corrected chi connectivity index (χ4v) is 2.64. The largest absolute Gasteiger partial charge is 0.385 e. The zero-order valence-corrected chi connectivity index (χ0v) is 12.3. The molecule has 1 aliphatic rings. The summed E-state index contributed by atoms with van der Waals surface area (Å²) in [5.74, 6) is 0.339. The van der Waals surface area contributed by atoms with Gasteiger partial charge in [-0.25, -0.2) is 0 Å². The van der Waals surface area contributed by atoms with E-state index in [9.17, 15) is 4.79 Å². The first-order chi connectivity index (χ1) is 9.19. The monoisotopic (exact) mass is 272 g/mol. The van der Waals surface area contributed by atoms with Gasteiger partial charge in [-0.3, -0.25) is 4.79 Å². The average Bonchev–Trinajstić information content (AvgIpc) is 2.42. The highest BCUT2D eigenvalue weighted by Gasteiger charge is 2.28. The Morgan fingerprint density at radius 1 is 1.21 bits per heavy atom. The molecule has 1 amide bonds. The molecular formula is C14H28N2O3. The summed E-state index contributed by atoms with van der Waals surface area (Å²) in [6.45, 7) is 2.66. The lowest BCUT2D eigenvalue weighted by Gasteiger charge is -2.31. The Balaban J connectivity index is 2.48. The lowest BCUT2D eigenvalue weighted by molar-refractivity contribution is -0.137. The van der Waals surface area contributed by atoms with E-state index in [-0.39, 0.29) is 17.9 Å². The summed E-state index contributed by atoms with van der Waals surface area (Å²) in [6, 6.07) is 0.186. The first-order valence-corrected chi connectivity index (χ1v) is 7.21. The van der Waals surface area contributed by atoms with Gasteiger partial charge in [-0.15, -0.1) is 0 Å². The third-order valence-corrected chi connectivity index (χ3v) is 3.72. The molecule has 1 aliphatic carbocycles. The van der Waals surface area contributed by atoms with Gasteiger partial charge in [0.2, 0.25) is 5.91 Å². The number of methoxy groups -OCH3 is 2. The van der Waals surface area contributed by atoms with Crippen LogP contribution >= 0.6 is 0 Å². The Kier molecular flexibility index (Phi) is 8.02. The molecule has 112 valence electrons. The molecule has 2 unspecified atom stereocenters. The standard InChI is InChI=1S/C14H28N2O3/c1-18-9-4-7-16(8-10-19-2)14(17)12-5-3-6-13(15)11-12/h12-13H,3-11,15H2,1-2H3. The van der Waals surface area contributed by atoms with E-state index in [1.54, 1.807) is 14.2 Å². The highest BCUT2D eigenvalue weighted by molar-refractivity contribution is 5.79. The molecule has 0 aromatic heterocycles. The van der Waals surface area contributed by atoms with E-state index in [0.717, 1.165) is 38.6 Å². The topological polar surface area (TPSA) is 64.8 Å². The SMILES string of the molecule is COCCCN(CCOC)C(=O)C1CCCC(N)C1. The molecule has 0 heterocycles. The predicted octanol–water partition coefficient (Wildman–Crippen LogP) is 1.02. The van der Waals surface area contributed by atoms with Crippen molar-refractivity contribution >= 4 is 5.91 Å². The Morgan fingerprint density at radius 3 is 2.58 bits per heavy atom. The summed E-state index contributed by atoms with van der Waals surface area (Å²) in [6.07, 6.45) is 4.77. The highest BCUT2D eigenvalue weighted by atomic mass is 16.5. The molecule has 5 nitrogen and oxygen atoms in total. The minimum Gasteiger partial charge on any atom is -0.385 e. The van der Waals surface area contributed by atoms with Crippen LogP contribution in [0.4, 0.5) is 0 Å². The van der Waals surface area contributed by atoms with Crippen LogP contribution in [0.2, 0.25) is 0 Å². The maximum atomic E-state index is 12.5. The van der Waals surface area contributed by atoms with Crippen molar-refractivity contribution in [2.24, 2.45) is 11.7 Å². The van der Waals surface area contributed by atoms with Crippen LogP contribution in [0.3, 0.4) is 0 Å². The smallest absolute Gasteiger partial charge is 0.225 e. The second-order valence-corrected chi connectivity index (χ2v) is 5.29. The fourth-order valence-electron chi connectivity index (χ4n) is 2.64. The second-order valence-electron chi connectivity index (χ2n) is 5.29. The van der Waals surface area contributed by atoms with Crippen LogP contribution < -0.4 is 5.73 Å². The van der Waals surface area contributed by atoms with Gasteiger partial charge >= 0.3 is 0 Å². The molecule has 2 N–H and O–H groups in total. The first-order valence-electron chi connectivity index (χ1n) is 7.21. The average molecular weight is 272 g/mol. The Bertz CT molecular complexity index is 261. The van der Waals surface area contributed by atoms with Crippen molar-refractivity contribution in [1.29, 1.82) is 0 Å². The number of nitrogens with zero attached hydrogens (tertiary/aromatic N) is 1. The molecule has 1 fully saturated rings. The van der Waals surface area contributed by atoms with Crippen molar-refractivity contribution in [3.8, 4) is 0 Å². The van der Waals surface area contributed by atoms with E-state index in [1.807, 2.05) is 4.90 Å². The van der Waals surface area contributed by atoms with Crippen LogP contribution in [-0.2, 0) is 14.3 Å². The van der Waals surface area contributed by atoms with Gasteiger partial charge in [-0.1, -0.05) is 6.42 Å². The lowest BCUT2D eigenvalue weighted by Crippen LogP contribution is -2.42. The quantitative estimate of drug-likeness (QED) is 0.670. The van der Waals surface area contributed by atoms with Crippen LogP contribution in [0, 0.1) is 5.92 Å². The maximum absolute atomic E-state index is 12.5. The number of carbonyl (C=O) groups excluding carboxylic acids is 1. The number of amides is 1. The Hall–Kier alpha value is -0.650. The van der Waals surface area contributed by atoms with E-state index in [0.29, 0.717) is 19.8 Å². The molecule has 0 aliphatic heterocycles. The molecular weight excluding hydrogens is 244 g/mol. The normalized spacial score (nSPS) is 23.3. The van der Waals surface area contributed by atoms with E-state index in [4.69, 9.17) is 15.2 Å². The summed E-state index contributed by atoms with van der Waals surface area (Å²) in [5.41, 5.74) is 5.97. The summed E-state index contributed by atoms with van der Waals surface area (Å²) < 4.78 is 10.1. The zero-order chi connectivity index (χ0) is 14.1. The van der Waals surface area contributed by atoms with Crippen LogP contribution in [-0.4, -0.2) is 57.4 Å². The van der Waals surface area contributed by atoms with Gasteiger partial charge in [0, 0.05) is 45.9 Å². The van der Waals surface area contributed by atoms with Crippen molar-refractivity contribution < 1.29 is 14.3 Å².